The van der Waals surface area contributed by atoms with E-state index in [1.54, 1.807) is 24.3 Å². The third-order valence-corrected chi connectivity index (χ3v) is 4.49. The number of hydrogen-bond acceptors (Lipinski definition) is 3. The molecule has 3 aromatic carbocycles. The summed E-state index contributed by atoms with van der Waals surface area (Å²) < 4.78 is 13.9. The molecule has 0 unspecified atom stereocenters. The molecule has 0 bridgehead atoms. The first-order chi connectivity index (χ1) is 13.6. The van der Waals surface area contributed by atoms with Crippen molar-refractivity contribution in [1.29, 1.82) is 0 Å². The van der Waals surface area contributed by atoms with Crippen molar-refractivity contribution in [3.05, 3.63) is 89.2 Å². The van der Waals surface area contributed by atoms with E-state index in [1.807, 2.05) is 36.4 Å². The standard InChI is InChI=1S/C23H24FN3O/c1-2-13-26-20-12-11-18(24)15-17(20)14-16-7-3-5-9-21(16)27-22-10-6-4-8-19(22)23(25)28/h3-12,15,26-27H,2,13-14H2,1H3,(H2,25,28). The lowest BCUT2D eigenvalue weighted by Crippen LogP contribution is -2.13. The van der Waals surface area contributed by atoms with Crippen molar-refractivity contribution in [2.75, 3.05) is 17.2 Å². The van der Waals surface area contributed by atoms with Crippen LogP contribution in [0, 0.1) is 5.82 Å². The number of primary amides is 1. The molecule has 0 radical (unpaired) electrons. The third kappa shape index (κ3) is 4.68. The second-order valence-electron chi connectivity index (χ2n) is 6.60. The highest BCUT2D eigenvalue weighted by molar-refractivity contribution is 5.99. The summed E-state index contributed by atoms with van der Waals surface area (Å²) in [4.78, 5) is 11.7. The van der Waals surface area contributed by atoms with E-state index in [2.05, 4.69) is 17.6 Å². The summed E-state index contributed by atoms with van der Waals surface area (Å²) in [6.45, 7) is 2.91. The largest absolute Gasteiger partial charge is 0.385 e. The molecule has 1 amide bonds. The van der Waals surface area contributed by atoms with Crippen LogP contribution in [0.5, 0.6) is 0 Å². The molecule has 144 valence electrons. The molecule has 3 rings (SSSR count). The second kappa shape index (κ2) is 9.04. The number of amides is 1. The number of benzene rings is 3. The Morgan fingerprint density at radius 3 is 2.39 bits per heavy atom. The Morgan fingerprint density at radius 2 is 1.64 bits per heavy atom. The number of anilines is 3. The van der Waals surface area contributed by atoms with Gasteiger partial charge in [0.2, 0.25) is 0 Å². The van der Waals surface area contributed by atoms with E-state index in [9.17, 15) is 9.18 Å². The zero-order valence-electron chi connectivity index (χ0n) is 15.8. The maximum Gasteiger partial charge on any atom is 0.250 e. The van der Waals surface area contributed by atoms with Crippen LogP contribution >= 0.6 is 0 Å². The van der Waals surface area contributed by atoms with Crippen molar-refractivity contribution in [1.82, 2.24) is 0 Å². The highest BCUT2D eigenvalue weighted by Gasteiger charge is 2.11. The van der Waals surface area contributed by atoms with Crippen molar-refractivity contribution in [3.8, 4) is 0 Å². The highest BCUT2D eigenvalue weighted by Crippen LogP contribution is 2.28. The summed E-state index contributed by atoms with van der Waals surface area (Å²) in [6, 6.07) is 19.7. The molecule has 0 heterocycles. The minimum absolute atomic E-state index is 0.262. The van der Waals surface area contributed by atoms with Crippen molar-refractivity contribution in [2.24, 2.45) is 5.73 Å². The molecular weight excluding hydrogens is 353 g/mol. The zero-order valence-corrected chi connectivity index (χ0v) is 15.8. The number of halogens is 1. The topological polar surface area (TPSA) is 67.2 Å². The van der Waals surface area contributed by atoms with Gasteiger partial charge in [0.25, 0.3) is 5.91 Å². The molecule has 28 heavy (non-hydrogen) atoms. The SMILES string of the molecule is CCCNc1ccc(F)cc1Cc1ccccc1Nc1ccccc1C(N)=O. The molecule has 0 aliphatic carbocycles. The molecule has 3 aromatic rings. The molecule has 0 saturated carbocycles. The number of carbonyl (C=O) groups is 1. The van der Waals surface area contributed by atoms with Crippen LogP contribution < -0.4 is 16.4 Å². The van der Waals surface area contributed by atoms with Crippen LogP contribution in [0.2, 0.25) is 0 Å². The van der Waals surface area contributed by atoms with Gasteiger partial charge in [-0.25, -0.2) is 4.39 Å². The summed E-state index contributed by atoms with van der Waals surface area (Å²) >= 11 is 0. The molecule has 4 nitrogen and oxygen atoms in total. The Morgan fingerprint density at radius 1 is 0.929 bits per heavy atom. The molecule has 0 spiro atoms. The van der Waals surface area contributed by atoms with Crippen LogP contribution in [0.3, 0.4) is 0 Å². The van der Waals surface area contributed by atoms with E-state index in [4.69, 9.17) is 5.73 Å². The minimum atomic E-state index is -0.489. The lowest BCUT2D eigenvalue weighted by molar-refractivity contribution is 0.100. The number of carbonyl (C=O) groups excluding carboxylic acids is 1. The van der Waals surface area contributed by atoms with Crippen molar-refractivity contribution in [3.63, 3.8) is 0 Å². The Balaban J connectivity index is 1.92. The number of para-hydroxylation sites is 2. The molecule has 0 atom stereocenters. The van der Waals surface area contributed by atoms with E-state index < -0.39 is 5.91 Å². The first-order valence-corrected chi connectivity index (χ1v) is 9.34. The van der Waals surface area contributed by atoms with Crippen molar-refractivity contribution in [2.45, 2.75) is 19.8 Å². The van der Waals surface area contributed by atoms with Gasteiger partial charge < -0.3 is 16.4 Å². The van der Waals surface area contributed by atoms with Crippen LogP contribution in [0.25, 0.3) is 0 Å². The Labute approximate surface area is 164 Å². The van der Waals surface area contributed by atoms with Gasteiger partial charge in [-0.05, 0) is 53.9 Å². The summed E-state index contributed by atoms with van der Waals surface area (Å²) in [6.07, 6.45) is 1.53. The maximum atomic E-state index is 13.9. The van der Waals surface area contributed by atoms with Crippen LogP contribution in [-0.2, 0) is 6.42 Å². The predicted octanol–water partition coefficient (Wildman–Crippen LogP) is 5.08. The molecule has 0 aliphatic rings. The Hall–Kier alpha value is -3.34. The molecular formula is C23H24FN3O. The van der Waals surface area contributed by atoms with Gasteiger partial charge in [-0.1, -0.05) is 37.3 Å². The fourth-order valence-corrected chi connectivity index (χ4v) is 3.09. The Bertz CT molecular complexity index is 972. The lowest BCUT2D eigenvalue weighted by atomic mass is 10.0. The van der Waals surface area contributed by atoms with Crippen molar-refractivity contribution < 1.29 is 9.18 Å². The second-order valence-corrected chi connectivity index (χ2v) is 6.60. The summed E-state index contributed by atoms with van der Waals surface area (Å²) in [5.41, 5.74) is 10.2. The Kier molecular flexibility index (Phi) is 6.27. The van der Waals surface area contributed by atoms with Gasteiger partial charge in [-0.15, -0.1) is 0 Å². The van der Waals surface area contributed by atoms with Crippen LogP contribution in [0.15, 0.2) is 66.7 Å². The minimum Gasteiger partial charge on any atom is -0.385 e. The van der Waals surface area contributed by atoms with Gasteiger partial charge in [0.05, 0.1) is 11.3 Å². The molecule has 4 N–H and O–H groups in total. The van der Waals surface area contributed by atoms with Gasteiger partial charge in [-0.3, -0.25) is 4.79 Å². The predicted molar refractivity (Wildman–Crippen MR) is 113 cm³/mol. The lowest BCUT2D eigenvalue weighted by Gasteiger charge is -2.16. The molecule has 0 aliphatic heterocycles. The highest BCUT2D eigenvalue weighted by atomic mass is 19.1. The summed E-state index contributed by atoms with van der Waals surface area (Å²) in [5.74, 6) is -0.752. The number of hydrogen-bond donors (Lipinski definition) is 3. The van der Waals surface area contributed by atoms with Gasteiger partial charge in [0.1, 0.15) is 5.82 Å². The quantitative estimate of drug-likeness (QED) is 0.513. The average molecular weight is 377 g/mol. The number of nitrogens with one attached hydrogen (secondary N) is 2. The molecule has 0 aromatic heterocycles. The summed E-state index contributed by atoms with van der Waals surface area (Å²) in [7, 11) is 0. The molecule has 0 saturated heterocycles. The first kappa shape index (κ1) is 19.4. The van der Waals surface area contributed by atoms with Gasteiger partial charge in [0.15, 0.2) is 0 Å². The number of rotatable bonds is 8. The van der Waals surface area contributed by atoms with E-state index in [1.165, 1.54) is 6.07 Å². The first-order valence-electron chi connectivity index (χ1n) is 9.34. The van der Waals surface area contributed by atoms with E-state index >= 15 is 0 Å². The maximum absolute atomic E-state index is 13.9. The molecule has 5 heteroatoms. The average Bonchev–Trinajstić information content (AvgIpc) is 2.69. The number of nitrogens with two attached hydrogens (primary N) is 1. The molecule has 0 fully saturated rings. The zero-order chi connectivity index (χ0) is 19.9. The van der Waals surface area contributed by atoms with Crippen molar-refractivity contribution >= 4 is 23.0 Å². The smallest absolute Gasteiger partial charge is 0.250 e. The van der Waals surface area contributed by atoms with Gasteiger partial charge in [0, 0.05) is 24.3 Å². The van der Waals surface area contributed by atoms with Gasteiger partial charge in [-0.2, -0.15) is 0 Å². The van der Waals surface area contributed by atoms with E-state index in [0.717, 1.165) is 35.5 Å². The third-order valence-electron chi connectivity index (χ3n) is 4.49. The fraction of sp³-hybridized carbons (Fsp3) is 0.174. The van der Waals surface area contributed by atoms with E-state index in [-0.39, 0.29) is 5.82 Å². The van der Waals surface area contributed by atoms with Crippen LogP contribution in [0.1, 0.15) is 34.8 Å². The van der Waals surface area contributed by atoms with Crippen LogP contribution in [-0.4, -0.2) is 12.5 Å². The monoisotopic (exact) mass is 377 g/mol. The normalized spacial score (nSPS) is 10.5. The fourth-order valence-electron chi connectivity index (χ4n) is 3.09. The summed E-state index contributed by atoms with van der Waals surface area (Å²) in [5, 5.41) is 6.66. The van der Waals surface area contributed by atoms with Crippen LogP contribution in [0.4, 0.5) is 21.5 Å². The van der Waals surface area contributed by atoms with E-state index in [0.29, 0.717) is 17.7 Å². The van der Waals surface area contributed by atoms with Gasteiger partial charge >= 0.3 is 0 Å².